The van der Waals surface area contributed by atoms with E-state index in [1.54, 1.807) is 0 Å². The molecule has 2 unspecified atom stereocenters. The maximum absolute atomic E-state index is 8.65. The fourth-order valence-electron chi connectivity index (χ4n) is 1.31. The van der Waals surface area contributed by atoms with Crippen molar-refractivity contribution in [3.05, 3.63) is 0 Å². The molecule has 0 aliphatic carbocycles. The number of nitriles is 1. The molecule has 0 bridgehead atoms. The highest BCUT2D eigenvalue weighted by Crippen LogP contribution is 2.08. The Morgan fingerprint density at radius 3 is 2.46 bits per heavy atom. The van der Waals surface area contributed by atoms with Gasteiger partial charge in [-0.1, -0.05) is 29.3 Å². The van der Waals surface area contributed by atoms with Crippen molar-refractivity contribution in [2.75, 3.05) is 25.5 Å². The summed E-state index contributed by atoms with van der Waals surface area (Å²) in [5.41, 5.74) is 0. The summed E-state index contributed by atoms with van der Waals surface area (Å²) in [4.78, 5) is 2.24. The maximum Gasteiger partial charge on any atom is 0.0666 e. The molecule has 0 fully saturated rings. The van der Waals surface area contributed by atoms with Gasteiger partial charge in [0, 0.05) is 18.4 Å². The van der Waals surface area contributed by atoms with Crippen LogP contribution >= 0.6 is 15.9 Å². The fourth-order valence-corrected chi connectivity index (χ4v) is 1.97. The predicted molar refractivity (Wildman–Crippen MR) is 59.8 cm³/mol. The van der Waals surface area contributed by atoms with Gasteiger partial charge in [0.05, 0.1) is 12.0 Å². The highest BCUT2D eigenvalue weighted by atomic mass is 79.9. The van der Waals surface area contributed by atoms with Gasteiger partial charge < -0.3 is 4.90 Å². The molecule has 0 N–H and O–H groups in total. The van der Waals surface area contributed by atoms with Crippen LogP contribution in [0, 0.1) is 23.2 Å². The van der Waals surface area contributed by atoms with Crippen LogP contribution in [-0.2, 0) is 0 Å². The standard InChI is InChI=1S/C10H19BrN2/c1-4-10(5-11)8-13(3)7-9(2)6-12/h9-10H,4-5,7-8H2,1-3H3. The number of hydrogen-bond acceptors (Lipinski definition) is 2. The molecule has 0 aliphatic heterocycles. The first-order chi connectivity index (χ1) is 6.13. The van der Waals surface area contributed by atoms with Crippen LogP contribution in [0.2, 0.25) is 0 Å². The van der Waals surface area contributed by atoms with Crippen LogP contribution < -0.4 is 0 Å². The zero-order chi connectivity index (χ0) is 10.3. The average molecular weight is 247 g/mol. The van der Waals surface area contributed by atoms with Gasteiger partial charge >= 0.3 is 0 Å². The molecule has 2 atom stereocenters. The lowest BCUT2D eigenvalue weighted by molar-refractivity contribution is 0.268. The van der Waals surface area contributed by atoms with Crippen molar-refractivity contribution in [3.63, 3.8) is 0 Å². The van der Waals surface area contributed by atoms with Gasteiger partial charge in [-0.2, -0.15) is 5.26 Å². The van der Waals surface area contributed by atoms with Crippen LogP contribution in [0.25, 0.3) is 0 Å². The van der Waals surface area contributed by atoms with Crippen LogP contribution in [0.1, 0.15) is 20.3 Å². The Labute approximate surface area is 90.0 Å². The Kier molecular flexibility index (Phi) is 7.31. The Balaban J connectivity index is 3.73. The summed E-state index contributed by atoms with van der Waals surface area (Å²) in [6, 6.07) is 2.25. The van der Waals surface area contributed by atoms with Crippen molar-refractivity contribution in [1.29, 1.82) is 5.26 Å². The fraction of sp³-hybridized carbons (Fsp3) is 0.900. The lowest BCUT2D eigenvalue weighted by Gasteiger charge is -2.22. The van der Waals surface area contributed by atoms with E-state index in [0.29, 0.717) is 5.92 Å². The molecule has 0 heterocycles. The van der Waals surface area contributed by atoms with Crippen molar-refractivity contribution < 1.29 is 0 Å². The first kappa shape index (κ1) is 12.9. The van der Waals surface area contributed by atoms with Gasteiger partial charge in [-0.3, -0.25) is 0 Å². The summed E-state index contributed by atoms with van der Waals surface area (Å²) in [6.07, 6.45) is 1.19. The molecule has 0 saturated heterocycles. The first-order valence-corrected chi connectivity index (χ1v) is 5.90. The zero-order valence-electron chi connectivity index (χ0n) is 8.76. The molecule has 13 heavy (non-hydrogen) atoms. The molecule has 2 nitrogen and oxygen atoms in total. The van der Waals surface area contributed by atoms with E-state index >= 15 is 0 Å². The second kappa shape index (κ2) is 7.34. The van der Waals surface area contributed by atoms with Gasteiger partial charge in [0.15, 0.2) is 0 Å². The Bertz CT molecular complexity index is 161. The van der Waals surface area contributed by atoms with Crippen molar-refractivity contribution in [3.8, 4) is 6.07 Å². The van der Waals surface area contributed by atoms with E-state index in [9.17, 15) is 0 Å². The minimum absolute atomic E-state index is 0.137. The third-order valence-electron chi connectivity index (χ3n) is 2.17. The van der Waals surface area contributed by atoms with E-state index in [2.05, 4.69) is 40.9 Å². The maximum atomic E-state index is 8.65. The summed E-state index contributed by atoms with van der Waals surface area (Å²) in [5, 5.41) is 9.70. The molecule has 0 saturated carbocycles. The van der Waals surface area contributed by atoms with Crippen LogP contribution in [0.4, 0.5) is 0 Å². The summed E-state index contributed by atoms with van der Waals surface area (Å²) in [6.45, 7) is 6.12. The summed E-state index contributed by atoms with van der Waals surface area (Å²) >= 11 is 3.50. The normalized spacial score (nSPS) is 15.4. The van der Waals surface area contributed by atoms with E-state index in [1.807, 2.05) is 6.92 Å². The summed E-state index contributed by atoms with van der Waals surface area (Å²) < 4.78 is 0. The molecular formula is C10H19BrN2. The van der Waals surface area contributed by atoms with Crippen molar-refractivity contribution in [1.82, 2.24) is 4.90 Å². The van der Waals surface area contributed by atoms with Crippen molar-refractivity contribution in [2.24, 2.45) is 11.8 Å². The Hall–Kier alpha value is -0.0700. The van der Waals surface area contributed by atoms with E-state index < -0.39 is 0 Å². The van der Waals surface area contributed by atoms with Crippen LogP contribution in [0.15, 0.2) is 0 Å². The molecule has 0 spiro atoms. The van der Waals surface area contributed by atoms with Crippen LogP contribution in [0.3, 0.4) is 0 Å². The second-order valence-electron chi connectivity index (χ2n) is 3.68. The largest absolute Gasteiger partial charge is 0.305 e. The monoisotopic (exact) mass is 246 g/mol. The van der Waals surface area contributed by atoms with Crippen LogP contribution in [-0.4, -0.2) is 30.4 Å². The third kappa shape index (κ3) is 6.06. The topological polar surface area (TPSA) is 27.0 Å². The second-order valence-corrected chi connectivity index (χ2v) is 4.33. The molecular weight excluding hydrogens is 228 g/mol. The Morgan fingerprint density at radius 1 is 1.46 bits per heavy atom. The molecule has 0 radical (unpaired) electrons. The van der Waals surface area contributed by atoms with Crippen molar-refractivity contribution >= 4 is 15.9 Å². The average Bonchev–Trinajstić information content (AvgIpc) is 2.13. The highest BCUT2D eigenvalue weighted by Gasteiger charge is 2.10. The molecule has 0 aromatic carbocycles. The van der Waals surface area contributed by atoms with Gasteiger partial charge in [0.25, 0.3) is 0 Å². The molecule has 0 amide bonds. The Morgan fingerprint density at radius 2 is 2.08 bits per heavy atom. The number of nitrogens with zero attached hydrogens (tertiary/aromatic N) is 2. The summed E-state index contributed by atoms with van der Waals surface area (Å²) in [7, 11) is 2.08. The zero-order valence-corrected chi connectivity index (χ0v) is 10.3. The van der Waals surface area contributed by atoms with Crippen molar-refractivity contribution in [2.45, 2.75) is 20.3 Å². The molecule has 0 aromatic rings. The number of hydrogen-bond donors (Lipinski definition) is 0. The highest BCUT2D eigenvalue weighted by molar-refractivity contribution is 9.09. The first-order valence-electron chi connectivity index (χ1n) is 4.78. The minimum atomic E-state index is 0.137. The molecule has 76 valence electrons. The van der Waals surface area contributed by atoms with E-state index in [-0.39, 0.29) is 5.92 Å². The molecule has 3 heteroatoms. The lowest BCUT2D eigenvalue weighted by Crippen LogP contribution is -2.29. The SMILES string of the molecule is CCC(CBr)CN(C)CC(C)C#N. The number of rotatable bonds is 6. The lowest BCUT2D eigenvalue weighted by atomic mass is 10.1. The number of alkyl halides is 1. The van der Waals surface area contributed by atoms with Gasteiger partial charge in [-0.25, -0.2) is 0 Å². The van der Waals surface area contributed by atoms with Crippen LogP contribution in [0.5, 0.6) is 0 Å². The number of halogens is 1. The van der Waals surface area contributed by atoms with Gasteiger partial charge in [-0.05, 0) is 19.9 Å². The minimum Gasteiger partial charge on any atom is -0.305 e. The van der Waals surface area contributed by atoms with Gasteiger partial charge in [0.1, 0.15) is 0 Å². The third-order valence-corrected chi connectivity index (χ3v) is 3.09. The summed E-state index contributed by atoms with van der Waals surface area (Å²) in [5.74, 6) is 0.841. The molecule has 0 aromatic heterocycles. The molecule has 0 rings (SSSR count). The predicted octanol–water partition coefficient (Wildman–Crippen LogP) is 2.50. The molecule has 0 aliphatic rings. The van der Waals surface area contributed by atoms with Gasteiger partial charge in [0.2, 0.25) is 0 Å². The van der Waals surface area contributed by atoms with E-state index in [1.165, 1.54) is 6.42 Å². The van der Waals surface area contributed by atoms with Gasteiger partial charge in [-0.15, -0.1) is 0 Å². The quantitative estimate of drug-likeness (QED) is 0.674. The smallest absolute Gasteiger partial charge is 0.0666 e. The van der Waals surface area contributed by atoms with E-state index in [4.69, 9.17) is 5.26 Å². The van der Waals surface area contributed by atoms with E-state index in [0.717, 1.165) is 18.4 Å².